The van der Waals surface area contributed by atoms with Gasteiger partial charge in [-0.05, 0) is 31.0 Å². The lowest BCUT2D eigenvalue weighted by molar-refractivity contribution is -0.116. The molecule has 0 atom stereocenters. The van der Waals surface area contributed by atoms with Gasteiger partial charge in [-0.1, -0.05) is 12.1 Å². The van der Waals surface area contributed by atoms with Gasteiger partial charge in [0.05, 0.1) is 13.3 Å². The van der Waals surface area contributed by atoms with Gasteiger partial charge in [0.1, 0.15) is 5.75 Å². The van der Waals surface area contributed by atoms with E-state index >= 15 is 0 Å². The predicted molar refractivity (Wildman–Crippen MR) is 100 cm³/mol. The van der Waals surface area contributed by atoms with E-state index in [-0.39, 0.29) is 5.91 Å². The van der Waals surface area contributed by atoms with E-state index in [4.69, 9.17) is 4.74 Å². The second kappa shape index (κ2) is 7.86. The molecule has 0 fully saturated rings. The molecule has 0 aliphatic rings. The fourth-order valence-corrected chi connectivity index (χ4v) is 2.65. The highest BCUT2D eigenvalue weighted by Gasteiger charge is 2.07. The van der Waals surface area contributed by atoms with Crippen LogP contribution in [-0.4, -0.2) is 32.6 Å². The molecule has 26 heavy (non-hydrogen) atoms. The molecule has 1 N–H and O–H groups in total. The Kier molecular flexibility index (Phi) is 5.36. The number of anilines is 1. The molecule has 1 amide bonds. The van der Waals surface area contributed by atoms with Crippen LogP contribution in [0.2, 0.25) is 0 Å². The molecule has 7 nitrogen and oxygen atoms in total. The molecule has 0 spiro atoms. The quantitative estimate of drug-likeness (QED) is 0.708. The maximum absolute atomic E-state index is 12.0. The minimum Gasteiger partial charge on any atom is -0.497 e. The maximum atomic E-state index is 12.0. The first kappa shape index (κ1) is 17.7. The van der Waals surface area contributed by atoms with Crippen molar-refractivity contribution in [2.24, 2.45) is 7.05 Å². The molecule has 7 heteroatoms. The third-order valence-corrected chi connectivity index (χ3v) is 4.23. The number of nitrogens with one attached hydrogen (secondary N) is 1. The van der Waals surface area contributed by atoms with E-state index in [9.17, 15) is 4.79 Å². The summed E-state index contributed by atoms with van der Waals surface area (Å²) < 4.78 is 8.77. The summed E-state index contributed by atoms with van der Waals surface area (Å²) >= 11 is 0. The van der Waals surface area contributed by atoms with Crippen molar-refractivity contribution in [2.45, 2.75) is 26.3 Å². The van der Waals surface area contributed by atoms with Gasteiger partial charge in [-0.15, -0.1) is 0 Å². The number of methoxy groups -OCH3 is 1. The lowest BCUT2D eigenvalue weighted by Crippen LogP contribution is -2.13. The van der Waals surface area contributed by atoms with Crippen LogP contribution in [0.4, 0.5) is 5.82 Å². The number of benzene rings is 1. The largest absolute Gasteiger partial charge is 0.497 e. The fraction of sp³-hybridized carbons (Fsp3) is 0.316. The van der Waals surface area contributed by atoms with E-state index in [1.165, 1.54) is 0 Å². The van der Waals surface area contributed by atoms with Crippen molar-refractivity contribution in [3.8, 4) is 16.9 Å². The second-order valence-corrected chi connectivity index (χ2v) is 6.17. The molecule has 0 saturated heterocycles. The zero-order valence-electron chi connectivity index (χ0n) is 15.3. The number of hydrogen-bond donors (Lipinski definition) is 1. The fourth-order valence-electron chi connectivity index (χ4n) is 2.65. The first-order valence-electron chi connectivity index (χ1n) is 8.52. The third kappa shape index (κ3) is 4.30. The molecular weight excluding hydrogens is 330 g/mol. The summed E-state index contributed by atoms with van der Waals surface area (Å²) in [7, 11) is 3.50. The van der Waals surface area contributed by atoms with Crippen molar-refractivity contribution in [1.29, 1.82) is 0 Å². The number of ether oxygens (including phenoxy) is 1. The molecule has 0 bridgehead atoms. The van der Waals surface area contributed by atoms with Crippen molar-refractivity contribution in [2.75, 3.05) is 12.4 Å². The highest BCUT2D eigenvalue weighted by atomic mass is 16.5. The van der Waals surface area contributed by atoms with Crippen molar-refractivity contribution >= 4 is 11.7 Å². The molecule has 0 aliphatic heterocycles. The van der Waals surface area contributed by atoms with Crippen LogP contribution in [-0.2, 0) is 18.4 Å². The molecule has 3 rings (SSSR count). The average molecular weight is 353 g/mol. The van der Waals surface area contributed by atoms with Gasteiger partial charge in [-0.3, -0.25) is 14.2 Å². The molecule has 0 aliphatic carbocycles. The minimum absolute atomic E-state index is 0.0365. The Balaban J connectivity index is 1.49. The number of rotatable bonds is 7. The molecular formula is C19H23N5O2. The second-order valence-electron chi connectivity index (χ2n) is 6.17. The number of nitrogens with zero attached hydrogens (tertiary/aromatic N) is 4. The van der Waals surface area contributed by atoms with Crippen molar-refractivity contribution in [3.63, 3.8) is 0 Å². The van der Waals surface area contributed by atoms with Crippen molar-refractivity contribution < 1.29 is 9.53 Å². The van der Waals surface area contributed by atoms with E-state index in [2.05, 4.69) is 15.5 Å². The van der Waals surface area contributed by atoms with Gasteiger partial charge in [0, 0.05) is 43.5 Å². The molecule has 0 radical (unpaired) electrons. The average Bonchev–Trinajstić information content (AvgIpc) is 3.22. The molecule has 0 saturated carbocycles. The Bertz CT molecular complexity index is 860. The number of carbonyl (C=O) groups is 1. The van der Waals surface area contributed by atoms with Gasteiger partial charge in [0.25, 0.3) is 0 Å². The van der Waals surface area contributed by atoms with Crippen LogP contribution < -0.4 is 10.1 Å². The van der Waals surface area contributed by atoms with Gasteiger partial charge in [0.2, 0.25) is 5.91 Å². The van der Waals surface area contributed by atoms with Crippen LogP contribution in [0.25, 0.3) is 11.1 Å². The van der Waals surface area contributed by atoms with Gasteiger partial charge in [0.15, 0.2) is 5.82 Å². The summed E-state index contributed by atoms with van der Waals surface area (Å²) in [6.45, 7) is 2.63. The van der Waals surface area contributed by atoms with E-state index in [1.807, 2.05) is 61.4 Å². The van der Waals surface area contributed by atoms with E-state index in [0.717, 1.165) is 22.6 Å². The Morgan fingerprint density at radius 3 is 2.65 bits per heavy atom. The summed E-state index contributed by atoms with van der Waals surface area (Å²) in [6.07, 6.45) is 4.95. The Labute approximate surface area is 152 Å². The van der Waals surface area contributed by atoms with Crippen LogP contribution in [0, 0.1) is 6.92 Å². The molecule has 2 aromatic heterocycles. The Morgan fingerprint density at radius 1 is 1.23 bits per heavy atom. The predicted octanol–water partition coefficient (Wildman–Crippen LogP) is 3.02. The first-order valence-corrected chi connectivity index (χ1v) is 8.52. The number of aromatic nitrogens is 4. The van der Waals surface area contributed by atoms with E-state index in [1.54, 1.807) is 11.8 Å². The van der Waals surface area contributed by atoms with Crippen molar-refractivity contribution in [1.82, 2.24) is 19.6 Å². The van der Waals surface area contributed by atoms with Crippen LogP contribution in [0.15, 0.2) is 42.7 Å². The topological polar surface area (TPSA) is 74.0 Å². The number of hydrogen-bond acceptors (Lipinski definition) is 4. The molecule has 2 heterocycles. The zero-order valence-corrected chi connectivity index (χ0v) is 15.3. The van der Waals surface area contributed by atoms with E-state index in [0.29, 0.717) is 25.2 Å². The standard InChI is InChI=1S/C19H23N5O2/c1-14-11-18(22-23(14)2)21-19(25)5-4-10-24-13-16(12-20-24)15-6-8-17(26-3)9-7-15/h6-9,11-13H,4-5,10H2,1-3H3,(H,21,22,25). The third-order valence-electron chi connectivity index (χ3n) is 4.23. The van der Waals surface area contributed by atoms with E-state index < -0.39 is 0 Å². The molecule has 0 unspecified atom stereocenters. The summed E-state index contributed by atoms with van der Waals surface area (Å²) in [5.74, 6) is 1.39. The SMILES string of the molecule is COc1ccc(-c2cnn(CCCC(=O)Nc3cc(C)n(C)n3)c2)cc1. The van der Waals surface area contributed by atoms with Crippen LogP contribution >= 0.6 is 0 Å². The molecule has 1 aromatic carbocycles. The Morgan fingerprint density at radius 2 is 2.00 bits per heavy atom. The summed E-state index contributed by atoms with van der Waals surface area (Å²) in [6, 6.07) is 9.71. The number of amides is 1. The zero-order chi connectivity index (χ0) is 18.5. The monoisotopic (exact) mass is 353 g/mol. The minimum atomic E-state index is -0.0365. The first-order chi connectivity index (χ1) is 12.5. The normalized spacial score (nSPS) is 10.7. The summed E-state index contributed by atoms with van der Waals surface area (Å²) in [5.41, 5.74) is 3.13. The highest BCUT2D eigenvalue weighted by molar-refractivity contribution is 5.89. The van der Waals surface area contributed by atoms with Gasteiger partial charge < -0.3 is 10.1 Å². The highest BCUT2D eigenvalue weighted by Crippen LogP contribution is 2.21. The van der Waals surface area contributed by atoms with Crippen LogP contribution in [0.3, 0.4) is 0 Å². The number of carbonyl (C=O) groups excluding carboxylic acids is 1. The summed E-state index contributed by atoms with van der Waals surface area (Å²) in [4.78, 5) is 12.0. The van der Waals surface area contributed by atoms with Gasteiger partial charge in [-0.25, -0.2) is 0 Å². The number of aryl methyl sites for hydroxylation is 3. The molecule has 3 aromatic rings. The lowest BCUT2D eigenvalue weighted by Gasteiger charge is -2.03. The summed E-state index contributed by atoms with van der Waals surface area (Å²) in [5, 5.41) is 11.4. The van der Waals surface area contributed by atoms with Crippen LogP contribution in [0.1, 0.15) is 18.5 Å². The van der Waals surface area contributed by atoms with Gasteiger partial charge >= 0.3 is 0 Å². The molecule has 136 valence electrons. The lowest BCUT2D eigenvalue weighted by atomic mass is 10.1. The van der Waals surface area contributed by atoms with Crippen molar-refractivity contribution in [3.05, 3.63) is 48.4 Å². The maximum Gasteiger partial charge on any atom is 0.225 e. The smallest absolute Gasteiger partial charge is 0.225 e. The van der Waals surface area contributed by atoms with Crippen LogP contribution in [0.5, 0.6) is 5.75 Å². The van der Waals surface area contributed by atoms with Gasteiger partial charge in [-0.2, -0.15) is 10.2 Å². The Hall–Kier alpha value is -3.09.